The molecule has 3 nitrogen and oxygen atoms in total. The molecule has 0 amide bonds. The highest BCUT2D eigenvalue weighted by molar-refractivity contribution is 5.36. The molecule has 1 saturated carbocycles. The van der Waals surface area contributed by atoms with Crippen LogP contribution < -0.4 is 15.8 Å². The van der Waals surface area contributed by atoms with Gasteiger partial charge in [0.25, 0.3) is 5.92 Å². The van der Waals surface area contributed by atoms with Crippen LogP contribution in [0.25, 0.3) is 0 Å². The van der Waals surface area contributed by atoms with Crippen LogP contribution in [0.15, 0.2) is 79.1 Å². The third-order valence-electron chi connectivity index (χ3n) is 6.04. The van der Waals surface area contributed by atoms with Crippen molar-refractivity contribution in [3.8, 4) is 5.75 Å². The zero-order chi connectivity index (χ0) is 31.5. The third-order valence-corrected chi connectivity index (χ3v) is 6.04. The maximum absolute atomic E-state index is 13.5. The van der Waals surface area contributed by atoms with E-state index in [1.165, 1.54) is 31.2 Å². The summed E-state index contributed by atoms with van der Waals surface area (Å²) in [4.78, 5) is 0. The molecule has 0 atom stereocenters. The van der Waals surface area contributed by atoms with Crippen LogP contribution in [-0.4, -0.2) is 18.6 Å². The van der Waals surface area contributed by atoms with E-state index in [1.54, 1.807) is 0 Å². The van der Waals surface area contributed by atoms with Gasteiger partial charge in [0.2, 0.25) is 0 Å². The van der Waals surface area contributed by atoms with E-state index in [4.69, 9.17) is 5.73 Å². The molecule has 4 rings (SSSR count). The van der Waals surface area contributed by atoms with Crippen molar-refractivity contribution in [2.45, 2.75) is 70.4 Å². The van der Waals surface area contributed by atoms with Crippen molar-refractivity contribution < 1.29 is 39.9 Å². The Morgan fingerprint density at radius 2 is 1.57 bits per heavy atom. The van der Waals surface area contributed by atoms with Gasteiger partial charge < -0.3 is 15.8 Å². The van der Waals surface area contributed by atoms with E-state index < -0.39 is 41.4 Å². The molecular formula is C31H34F8N2O. The van der Waals surface area contributed by atoms with Gasteiger partial charge in [0.1, 0.15) is 17.4 Å². The fourth-order valence-corrected chi connectivity index (χ4v) is 4.10. The molecule has 0 spiro atoms. The van der Waals surface area contributed by atoms with Crippen LogP contribution >= 0.6 is 0 Å². The standard InChI is InChI=1S/C17H12F8O.C7H14N2.C7H8/c1-16(22,23)13-7-9(2-3-14(13)19)4-10-5-11(18)8-12(6-10)26-17(24,25)15(20)21;1-6(8)9-7-4-2-3-5-7;1-7-5-3-2-4-6-7/h2-3,5-8,15H,4H2,1H3;7,9H,1-5,8H2;2-6H,1H3. The van der Waals surface area contributed by atoms with E-state index in [0.717, 1.165) is 30.3 Å². The minimum absolute atomic E-state index is 0.0120. The second-order valence-corrected chi connectivity index (χ2v) is 9.94. The molecule has 0 saturated heterocycles. The fraction of sp³-hybridized carbons (Fsp3) is 0.355. The van der Waals surface area contributed by atoms with Gasteiger partial charge in [-0.25, -0.2) is 17.6 Å². The van der Waals surface area contributed by atoms with Gasteiger partial charge >= 0.3 is 12.5 Å². The molecule has 0 unspecified atom stereocenters. The van der Waals surface area contributed by atoms with Crippen LogP contribution in [0.5, 0.6) is 5.75 Å². The Bertz CT molecular complexity index is 1270. The average molecular weight is 603 g/mol. The predicted octanol–water partition coefficient (Wildman–Crippen LogP) is 8.85. The van der Waals surface area contributed by atoms with Gasteiger partial charge in [-0.3, -0.25) is 0 Å². The molecule has 3 aromatic carbocycles. The molecule has 3 N–H and O–H groups in total. The molecule has 1 aliphatic carbocycles. The van der Waals surface area contributed by atoms with Crippen LogP contribution in [-0.2, 0) is 12.3 Å². The van der Waals surface area contributed by atoms with Crippen LogP contribution in [0.4, 0.5) is 35.1 Å². The molecule has 1 fully saturated rings. The molecule has 0 radical (unpaired) electrons. The number of benzene rings is 3. The minimum atomic E-state index is -4.82. The second-order valence-electron chi connectivity index (χ2n) is 9.94. The van der Waals surface area contributed by atoms with Gasteiger partial charge in [-0.05, 0) is 61.6 Å². The average Bonchev–Trinajstić information content (AvgIpc) is 3.37. The third kappa shape index (κ3) is 12.0. The maximum Gasteiger partial charge on any atom is 0.461 e. The number of aryl methyl sites for hydroxylation is 1. The predicted molar refractivity (Wildman–Crippen MR) is 147 cm³/mol. The minimum Gasteiger partial charge on any atom is -0.428 e. The molecule has 0 aliphatic heterocycles. The summed E-state index contributed by atoms with van der Waals surface area (Å²) in [7, 11) is 0. The van der Waals surface area contributed by atoms with E-state index in [1.807, 2.05) is 18.2 Å². The highest BCUT2D eigenvalue weighted by Crippen LogP contribution is 2.32. The van der Waals surface area contributed by atoms with E-state index in [-0.39, 0.29) is 17.5 Å². The number of halogens is 8. The monoisotopic (exact) mass is 602 g/mol. The Balaban J connectivity index is 0.000000310. The van der Waals surface area contributed by atoms with Crippen molar-refractivity contribution in [3.05, 3.63) is 113 Å². The maximum atomic E-state index is 13.5. The van der Waals surface area contributed by atoms with Crippen LogP contribution in [0.1, 0.15) is 54.9 Å². The van der Waals surface area contributed by atoms with E-state index in [2.05, 4.69) is 35.7 Å². The number of rotatable bonds is 8. The number of ether oxygens (including phenoxy) is 1. The number of alkyl halides is 6. The zero-order valence-corrected chi connectivity index (χ0v) is 23.3. The Kier molecular flexibility index (Phi) is 12.7. The summed E-state index contributed by atoms with van der Waals surface area (Å²) in [6.07, 6.45) is -3.99. The van der Waals surface area contributed by atoms with E-state index >= 15 is 0 Å². The highest BCUT2D eigenvalue weighted by atomic mass is 19.3. The first-order valence-electron chi connectivity index (χ1n) is 13.1. The van der Waals surface area contributed by atoms with Crippen LogP contribution in [0.2, 0.25) is 0 Å². The fourth-order valence-electron chi connectivity index (χ4n) is 4.10. The number of hydrogen-bond donors (Lipinski definition) is 2. The summed E-state index contributed by atoms with van der Waals surface area (Å²) >= 11 is 0. The lowest BCUT2D eigenvalue weighted by molar-refractivity contribution is -0.253. The van der Waals surface area contributed by atoms with E-state index in [0.29, 0.717) is 24.9 Å². The molecule has 1 aliphatic rings. The molecule has 0 bridgehead atoms. The summed E-state index contributed by atoms with van der Waals surface area (Å²) in [6.45, 7) is 6.16. The molecule has 230 valence electrons. The number of hydrogen-bond acceptors (Lipinski definition) is 3. The quantitative estimate of drug-likeness (QED) is 0.253. The van der Waals surface area contributed by atoms with Gasteiger partial charge in [-0.2, -0.15) is 17.6 Å². The first-order valence-corrected chi connectivity index (χ1v) is 13.1. The van der Waals surface area contributed by atoms with Gasteiger partial charge in [-0.15, -0.1) is 0 Å². The topological polar surface area (TPSA) is 47.3 Å². The molecular weight excluding hydrogens is 568 g/mol. The highest BCUT2D eigenvalue weighted by Gasteiger charge is 2.44. The Hall–Kier alpha value is -3.76. The summed E-state index contributed by atoms with van der Waals surface area (Å²) in [5.74, 6) is -5.89. The first-order chi connectivity index (χ1) is 19.6. The van der Waals surface area contributed by atoms with E-state index in [9.17, 15) is 35.1 Å². The molecule has 11 heteroatoms. The van der Waals surface area contributed by atoms with Gasteiger partial charge in [-0.1, -0.05) is 61.4 Å². The van der Waals surface area contributed by atoms with Crippen molar-refractivity contribution in [3.63, 3.8) is 0 Å². The second kappa shape index (κ2) is 15.5. The lowest BCUT2D eigenvalue weighted by Gasteiger charge is -2.17. The SMILES string of the molecule is C=C(N)NC1CCCC1.CC(F)(F)c1cc(Cc2cc(F)cc(OC(F)(F)C(F)F)c2)ccc1F.Cc1ccccc1. The Labute approximate surface area is 240 Å². The molecule has 0 aromatic heterocycles. The smallest absolute Gasteiger partial charge is 0.428 e. The van der Waals surface area contributed by atoms with Gasteiger partial charge in [0.05, 0.1) is 11.4 Å². The lowest BCUT2D eigenvalue weighted by atomic mass is 10.00. The molecule has 42 heavy (non-hydrogen) atoms. The van der Waals surface area contributed by atoms with Crippen molar-refractivity contribution in [2.24, 2.45) is 5.73 Å². The summed E-state index contributed by atoms with van der Waals surface area (Å²) in [5, 5.41) is 3.12. The largest absolute Gasteiger partial charge is 0.461 e. The van der Waals surface area contributed by atoms with Crippen LogP contribution in [0, 0.1) is 18.6 Å². The first kappa shape index (κ1) is 34.4. The van der Waals surface area contributed by atoms with Gasteiger partial charge in [0.15, 0.2) is 0 Å². The lowest BCUT2D eigenvalue weighted by Crippen LogP contribution is -2.33. The normalized spacial score (nSPS) is 13.5. The van der Waals surface area contributed by atoms with Crippen molar-refractivity contribution in [1.29, 1.82) is 0 Å². The molecule has 0 heterocycles. The molecule has 3 aromatic rings. The van der Waals surface area contributed by atoms with Gasteiger partial charge in [0, 0.05) is 19.0 Å². The van der Waals surface area contributed by atoms with Crippen LogP contribution in [0.3, 0.4) is 0 Å². The summed E-state index contributed by atoms with van der Waals surface area (Å²) in [5.41, 5.74) is 5.93. The van der Waals surface area contributed by atoms with Crippen molar-refractivity contribution >= 4 is 0 Å². The summed E-state index contributed by atoms with van der Waals surface area (Å²) in [6, 6.07) is 15.9. The Morgan fingerprint density at radius 3 is 2.07 bits per heavy atom. The Morgan fingerprint density at radius 1 is 0.952 bits per heavy atom. The van der Waals surface area contributed by atoms with Crippen molar-refractivity contribution in [2.75, 3.05) is 0 Å². The summed E-state index contributed by atoms with van der Waals surface area (Å²) < 4.78 is 108. The number of nitrogens with two attached hydrogens (primary N) is 1. The number of nitrogens with one attached hydrogen (secondary N) is 1. The zero-order valence-electron chi connectivity index (χ0n) is 23.3. The van der Waals surface area contributed by atoms with Crippen molar-refractivity contribution in [1.82, 2.24) is 5.32 Å².